The highest BCUT2D eigenvalue weighted by Crippen LogP contribution is 2.44. The number of anilines is 1. The maximum Gasteiger partial charge on any atom is 0.228 e. The van der Waals surface area contributed by atoms with Gasteiger partial charge in [0.15, 0.2) is 11.5 Å². The van der Waals surface area contributed by atoms with Crippen LogP contribution in [0.4, 0.5) is 10.3 Å². The van der Waals surface area contributed by atoms with Crippen LogP contribution >= 0.6 is 0 Å². The number of H-pyrrole nitrogens is 1. The highest BCUT2D eigenvalue weighted by Gasteiger charge is 2.48. The van der Waals surface area contributed by atoms with Gasteiger partial charge in [0.25, 0.3) is 0 Å². The standard InChI is InChI=1S/C23H24FN7O/c1-23(21(32)30-5-2-3-6-30)9-15(10-23)28-22-27-12-17-16(11-26-19(17)29-22)14-8-18(24)20-25-4-7-31(20)13-14/h4,7-8,11-13,15H,2-3,5-6,9-10H2,1H3,(H2,26,27,28,29)/t15-,23+. The van der Waals surface area contributed by atoms with Gasteiger partial charge in [0.2, 0.25) is 11.9 Å². The number of hydrogen-bond acceptors (Lipinski definition) is 5. The molecule has 1 saturated carbocycles. The number of carbonyl (C=O) groups is 1. The minimum Gasteiger partial charge on any atom is -0.351 e. The number of aromatic amines is 1. The van der Waals surface area contributed by atoms with Crippen molar-refractivity contribution in [2.24, 2.45) is 5.41 Å². The third-order valence-corrected chi connectivity index (χ3v) is 6.82. The average molecular weight is 433 g/mol. The van der Waals surface area contributed by atoms with Crippen LogP contribution in [0, 0.1) is 11.2 Å². The maximum absolute atomic E-state index is 14.4. The molecule has 0 unspecified atom stereocenters. The summed E-state index contributed by atoms with van der Waals surface area (Å²) in [4.78, 5) is 31.1. The first-order valence-corrected chi connectivity index (χ1v) is 11.0. The van der Waals surface area contributed by atoms with E-state index in [1.807, 2.05) is 17.3 Å². The number of imidazole rings is 1. The number of nitrogens with zero attached hydrogens (tertiary/aromatic N) is 5. The first-order chi connectivity index (χ1) is 15.5. The van der Waals surface area contributed by atoms with E-state index in [1.165, 1.54) is 6.07 Å². The molecule has 0 bridgehead atoms. The van der Waals surface area contributed by atoms with Crippen molar-refractivity contribution in [3.8, 4) is 11.1 Å². The van der Waals surface area contributed by atoms with E-state index in [-0.39, 0.29) is 23.2 Å². The van der Waals surface area contributed by atoms with Gasteiger partial charge in [0.05, 0.1) is 5.41 Å². The lowest BCUT2D eigenvalue weighted by molar-refractivity contribution is -0.145. The Kier molecular flexibility index (Phi) is 4.21. The Hall–Kier alpha value is -3.49. The zero-order valence-corrected chi connectivity index (χ0v) is 17.8. The zero-order chi connectivity index (χ0) is 21.9. The average Bonchev–Trinajstić information content (AvgIpc) is 3.51. The lowest BCUT2D eigenvalue weighted by atomic mass is 9.66. The van der Waals surface area contributed by atoms with Crippen molar-refractivity contribution in [2.45, 2.75) is 38.6 Å². The number of aromatic nitrogens is 5. The van der Waals surface area contributed by atoms with E-state index < -0.39 is 0 Å². The van der Waals surface area contributed by atoms with Crippen LogP contribution < -0.4 is 5.32 Å². The van der Waals surface area contributed by atoms with Gasteiger partial charge in [-0.2, -0.15) is 4.98 Å². The summed E-state index contributed by atoms with van der Waals surface area (Å²) in [5.41, 5.74) is 2.24. The number of nitrogens with one attached hydrogen (secondary N) is 2. The van der Waals surface area contributed by atoms with E-state index >= 15 is 0 Å². The summed E-state index contributed by atoms with van der Waals surface area (Å²) in [5, 5.41) is 4.18. The fourth-order valence-electron chi connectivity index (χ4n) is 5.14. The predicted molar refractivity (Wildman–Crippen MR) is 119 cm³/mol. The Morgan fingerprint density at radius 3 is 2.91 bits per heavy atom. The van der Waals surface area contributed by atoms with Gasteiger partial charge in [0.1, 0.15) is 5.65 Å². The summed E-state index contributed by atoms with van der Waals surface area (Å²) in [7, 11) is 0. The second-order valence-electron chi connectivity index (χ2n) is 9.20. The molecule has 1 amide bonds. The second-order valence-corrected chi connectivity index (χ2v) is 9.20. The zero-order valence-electron chi connectivity index (χ0n) is 17.8. The topological polar surface area (TPSA) is 91.2 Å². The van der Waals surface area contributed by atoms with Gasteiger partial charge in [-0.15, -0.1) is 0 Å². The van der Waals surface area contributed by atoms with Crippen molar-refractivity contribution in [2.75, 3.05) is 18.4 Å². The normalized spacial score (nSPS) is 23.1. The van der Waals surface area contributed by atoms with Gasteiger partial charge in [-0.3, -0.25) is 4.79 Å². The van der Waals surface area contributed by atoms with Crippen molar-refractivity contribution in [1.29, 1.82) is 0 Å². The Balaban J connectivity index is 1.19. The fourth-order valence-corrected chi connectivity index (χ4v) is 5.14. The Bertz CT molecular complexity index is 1330. The summed E-state index contributed by atoms with van der Waals surface area (Å²) in [6.45, 7) is 3.83. The van der Waals surface area contributed by atoms with E-state index in [1.54, 1.807) is 23.0 Å². The van der Waals surface area contributed by atoms with Crippen LogP contribution in [0.2, 0.25) is 0 Å². The molecule has 2 fully saturated rings. The van der Waals surface area contributed by atoms with Crippen LogP contribution in [-0.2, 0) is 4.79 Å². The molecule has 0 radical (unpaired) electrons. The van der Waals surface area contributed by atoms with Crippen molar-refractivity contribution >= 4 is 28.5 Å². The maximum atomic E-state index is 14.4. The molecule has 2 aliphatic rings. The smallest absolute Gasteiger partial charge is 0.228 e. The molecule has 32 heavy (non-hydrogen) atoms. The van der Waals surface area contributed by atoms with Crippen LogP contribution in [-0.4, -0.2) is 54.3 Å². The van der Waals surface area contributed by atoms with Gasteiger partial charge >= 0.3 is 0 Å². The van der Waals surface area contributed by atoms with Crippen molar-refractivity contribution in [1.82, 2.24) is 29.2 Å². The molecule has 1 aliphatic heterocycles. The molecule has 6 rings (SSSR count). The second kappa shape index (κ2) is 7.01. The summed E-state index contributed by atoms with van der Waals surface area (Å²) < 4.78 is 16.0. The van der Waals surface area contributed by atoms with Gasteiger partial charge in [-0.1, -0.05) is 6.92 Å². The third kappa shape index (κ3) is 3.03. The first kappa shape index (κ1) is 19.2. The summed E-state index contributed by atoms with van der Waals surface area (Å²) in [6, 6.07) is 1.65. The highest BCUT2D eigenvalue weighted by molar-refractivity contribution is 5.93. The fraction of sp³-hybridized carbons (Fsp3) is 0.391. The van der Waals surface area contributed by atoms with Gasteiger partial charge in [-0.25, -0.2) is 14.4 Å². The Labute approximate surface area is 183 Å². The van der Waals surface area contributed by atoms with Crippen LogP contribution in [0.15, 0.2) is 37.1 Å². The van der Waals surface area contributed by atoms with E-state index in [0.717, 1.165) is 55.3 Å². The number of rotatable bonds is 4. The minimum absolute atomic E-state index is 0.177. The number of hydrogen-bond donors (Lipinski definition) is 2. The molecule has 1 aliphatic carbocycles. The molecule has 5 heterocycles. The molecular weight excluding hydrogens is 409 g/mol. The quantitative estimate of drug-likeness (QED) is 0.513. The Morgan fingerprint density at radius 2 is 2.09 bits per heavy atom. The molecule has 8 nitrogen and oxygen atoms in total. The molecule has 164 valence electrons. The molecular formula is C23H24FN7O. The van der Waals surface area contributed by atoms with E-state index in [9.17, 15) is 9.18 Å². The number of likely N-dealkylation sites (tertiary alicyclic amines) is 1. The van der Waals surface area contributed by atoms with Crippen molar-refractivity contribution < 1.29 is 9.18 Å². The molecule has 1 saturated heterocycles. The molecule has 0 atom stereocenters. The largest absolute Gasteiger partial charge is 0.351 e. The number of pyridine rings is 1. The first-order valence-electron chi connectivity index (χ1n) is 11.0. The third-order valence-electron chi connectivity index (χ3n) is 6.82. The van der Waals surface area contributed by atoms with Crippen LogP contribution in [0.25, 0.3) is 27.8 Å². The van der Waals surface area contributed by atoms with Gasteiger partial charge < -0.3 is 19.6 Å². The number of amides is 1. The number of fused-ring (bicyclic) bond motifs is 2. The highest BCUT2D eigenvalue weighted by atomic mass is 19.1. The molecule has 2 N–H and O–H groups in total. The van der Waals surface area contributed by atoms with Gasteiger partial charge in [0, 0.05) is 66.6 Å². The molecule has 9 heteroatoms. The van der Waals surface area contributed by atoms with E-state index in [2.05, 4.69) is 32.2 Å². The van der Waals surface area contributed by atoms with Crippen molar-refractivity contribution in [3.05, 3.63) is 42.9 Å². The summed E-state index contributed by atoms with van der Waals surface area (Å²) >= 11 is 0. The SMILES string of the molecule is C[C@]1(C(=O)N2CCCC2)C[C@@H](Nc2ncc3c(-c4cc(F)c5nccn5c4)c[nH]c3n2)C1. The van der Waals surface area contributed by atoms with Crippen LogP contribution in [0.3, 0.4) is 0 Å². The summed E-state index contributed by atoms with van der Waals surface area (Å²) in [6.07, 6.45) is 12.5. The van der Waals surface area contributed by atoms with Gasteiger partial charge in [-0.05, 0) is 31.7 Å². The van der Waals surface area contributed by atoms with E-state index in [0.29, 0.717) is 17.2 Å². The monoisotopic (exact) mass is 433 g/mol. The van der Waals surface area contributed by atoms with Crippen LogP contribution in [0.1, 0.15) is 32.6 Å². The van der Waals surface area contributed by atoms with Crippen molar-refractivity contribution in [3.63, 3.8) is 0 Å². The number of halogens is 1. The number of carbonyl (C=O) groups excluding carboxylic acids is 1. The lowest BCUT2D eigenvalue weighted by Crippen LogP contribution is -2.53. The predicted octanol–water partition coefficient (Wildman–Crippen LogP) is 3.61. The molecule has 4 aromatic heterocycles. The molecule has 4 aromatic rings. The molecule has 0 aromatic carbocycles. The summed E-state index contributed by atoms with van der Waals surface area (Å²) in [5.74, 6) is 0.431. The van der Waals surface area contributed by atoms with E-state index in [4.69, 9.17) is 0 Å². The molecule has 0 spiro atoms. The Morgan fingerprint density at radius 1 is 1.28 bits per heavy atom. The lowest BCUT2D eigenvalue weighted by Gasteiger charge is -2.45. The van der Waals surface area contributed by atoms with Crippen LogP contribution in [0.5, 0.6) is 0 Å². The minimum atomic E-state index is -0.377.